The monoisotopic (exact) mass is 315 g/mol. The number of urea groups is 1. The van der Waals surface area contributed by atoms with Gasteiger partial charge in [0.1, 0.15) is 13.1 Å². The fourth-order valence-electron chi connectivity index (χ4n) is 1.76. The first-order valence-electron chi connectivity index (χ1n) is 5.69. The molecular formula is C12H11Cl2N3O3. The molecule has 1 aromatic carbocycles. The highest BCUT2D eigenvalue weighted by Crippen LogP contribution is 2.29. The molecule has 8 heteroatoms. The summed E-state index contributed by atoms with van der Waals surface area (Å²) in [5.41, 5.74) is 0.258. The maximum absolute atomic E-state index is 11.9. The number of carbonyl (C=O) groups excluding carboxylic acids is 3. The minimum atomic E-state index is -0.544. The number of imide groups is 1. The molecule has 0 aromatic heterocycles. The molecule has 1 heterocycles. The summed E-state index contributed by atoms with van der Waals surface area (Å²) in [5, 5.41) is 3.05. The van der Waals surface area contributed by atoms with Crippen LogP contribution in [0.25, 0.3) is 0 Å². The normalized spacial score (nSPS) is 14.9. The minimum absolute atomic E-state index is 0.0288. The summed E-state index contributed by atoms with van der Waals surface area (Å²) >= 11 is 11.8. The summed E-state index contributed by atoms with van der Waals surface area (Å²) in [5.74, 6) is -0.963. The van der Waals surface area contributed by atoms with Crippen LogP contribution >= 0.6 is 23.2 Å². The second-order valence-electron chi connectivity index (χ2n) is 4.26. The van der Waals surface area contributed by atoms with Crippen molar-refractivity contribution < 1.29 is 14.4 Å². The lowest BCUT2D eigenvalue weighted by Crippen LogP contribution is -2.38. The van der Waals surface area contributed by atoms with Gasteiger partial charge in [-0.3, -0.25) is 14.5 Å². The Bertz CT molecular complexity index is 571. The molecule has 0 aliphatic carbocycles. The van der Waals surface area contributed by atoms with Crippen molar-refractivity contribution >= 4 is 46.7 Å². The molecule has 2 rings (SSSR count). The standard InChI is InChI=1S/C12H11Cl2N3O3/c1-16-6-10(19)17(12(16)20)5-9(18)15-11-7(13)3-2-4-8(11)14/h2-4H,5-6H2,1H3,(H,15,18). The lowest BCUT2D eigenvalue weighted by atomic mass is 10.3. The van der Waals surface area contributed by atoms with Gasteiger partial charge in [-0.25, -0.2) is 4.79 Å². The van der Waals surface area contributed by atoms with Gasteiger partial charge < -0.3 is 10.2 Å². The van der Waals surface area contributed by atoms with Gasteiger partial charge in [-0.1, -0.05) is 29.3 Å². The summed E-state index contributed by atoms with van der Waals surface area (Å²) in [6.45, 7) is -0.400. The van der Waals surface area contributed by atoms with E-state index >= 15 is 0 Å². The number of amides is 4. The number of para-hydroxylation sites is 1. The lowest BCUT2D eigenvalue weighted by molar-refractivity contribution is -0.129. The lowest BCUT2D eigenvalue weighted by Gasteiger charge is -2.14. The Hall–Kier alpha value is -1.79. The van der Waals surface area contributed by atoms with E-state index in [0.717, 1.165) is 4.90 Å². The molecule has 0 atom stereocenters. The van der Waals surface area contributed by atoms with Crippen LogP contribution in [0.3, 0.4) is 0 Å². The van der Waals surface area contributed by atoms with Crippen LogP contribution in [0.5, 0.6) is 0 Å². The van der Waals surface area contributed by atoms with Gasteiger partial charge in [0.2, 0.25) is 5.91 Å². The van der Waals surface area contributed by atoms with Crippen molar-refractivity contribution in [3.05, 3.63) is 28.2 Å². The zero-order valence-corrected chi connectivity index (χ0v) is 12.0. The summed E-state index contributed by atoms with van der Waals surface area (Å²) in [6, 6.07) is 4.28. The molecule has 1 aromatic rings. The van der Waals surface area contributed by atoms with E-state index in [-0.39, 0.29) is 28.8 Å². The molecular weight excluding hydrogens is 305 g/mol. The Balaban J connectivity index is 2.07. The maximum Gasteiger partial charge on any atom is 0.327 e. The van der Waals surface area contributed by atoms with Gasteiger partial charge in [-0.2, -0.15) is 0 Å². The predicted octanol–water partition coefficient (Wildman–Crippen LogP) is 1.83. The van der Waals surface area contributed by atoms with Gasteiger partial charge in [0.05, 0.1) is 15.7 Å². The van der Waals surface area contributed by atoms with E-state index in [9.17, 15) is 14.4 Å². The molecule has 1 aliphatic rings. The number of halogens is 2. The number of likely N-dealkylation sites (N-methyl/N-ethyl adjacent to an activating group) is 1. The van der Waals surface area contributed by atoms with E-state index in [1.807, 2.05) is 0 Å². The third-order valence-corrected chi connectivity index (χ3v) is 3.39. The van der Waals surface area contributed by atoms with E-state index in [2.05, 4.69) is 5.32 Å². The first-order chi connectivity index (χ1) is 9.40. The highest BCUT2D eigenvalue weighted by molar-refractivity contribution is 6.39. The molecule has 106 valence electrons. The maximum atomic E-state index is 11.9. The molecule has 6 nitrogen and oxygen atoms in total. The average molecular weight is 316 g/mol. The van der Waals surface area contributed by atoms with Crippen molar-refractivity contribution in [1.29, 1.82) is 0 Å². The van der Waals surface area contributed by atoms with Crippen LogP contribution in [0.15, 0.2) is 18.2 Å². The summed E-state index contributed by atoms with van der Waals surface area (Å²) in [7, 11) is 1.49. The Morgan fingerprint density at radius 1 is 1.30 bits per heavy atom. The van der Waals surface area contributed by atoms with E-state index in [1.54, 1.807) is 18.2 Å². The second-order valence-corrected chi connectivity index (χ2v) is 5.08. The number of benzene rings is 1. The summed E-state index contributed by atoms with van der Waals surface area (Å²) in [6.07, 6.45) is 0. The van der Waals surface area contributed by atoms with E-state index in [4.69, 9.17) is 23.2 Å². The van der Waals surface area contributed by atoms with E-state index in [1.165, 1.54) is 11.9 Å². The van der Waals surface area contributed by atoms with Crippen LogP contribution in [0.2, 0.25) is 10.0 Å². The van der Waals surface area contributed by atoms with Gasteiger partial charge in [0, 0.05) is 7.05 Å². The van der Waals surface area contributed by atoms with Gasteiger partial charge >= 0.3 is 6.03 Å². The smallest absolute Gasteiger partial charge is 0.322 e. The Morgan fingerprint density at radius 2 is 1.90 bits per heavy atom. The van der Waals surface area contributed by atoms with Gasteiger partial charge in [0.15, 0.2) is 0 Å². The number of carbonyl (C=O) groups is 3. The van der Waals surface area contributed by atoms with Crippen LogP contribution in [-0.2, 0) is 9.59 Å². The highest BCUT2D eigenvalue weighted by Gasteiger charge is 2.34. The predicted molar refractivity (Wildman–Crippen MR) is 74.8 cm³/mol. The highest BCUT2D eigenvalue weighted by atomic mass is 35.5. The summed E-state index contributed by atoms with van der Waals surface area (Å²) < 4.78 is 0. The van der Waals surface area contributed by atoms with E-state index in [0.29, 0.717) is 0 Å². The van der Waals surface area contributed by atoms with Gasteiger partial charge in [-0.15, -0.1) is 0 Å². The molecule has 1 N–H and O–H groups in total. The van der Waals surface area contributed by atoms with Crippen LogP contribution in [0, 0.1) is 0 Å². The van der Waals surface area contributed by atoms with Crippen LogP contribution in [0.1, 0.15) is 0 Å². The molecule has 0 bridgehead atoms. The zero-order chi connectivity index (χ0) is 14.9. The third kappa shape index (κ3) is 2.86. The van der Waals surface area contributed by atoms with Crippen LogP contribution in [0.4, 0.5) is 10.5 Å². The zero-order valence-electron chi connectivity index (χ0n) is 10.5. The average Bonchev–Trinajstić information content (AvgIpc) is 2.61. The quantitative estimate of drug-likeness (QED) is 0.865. The number of anilines is 1. The van der Waals surface area contributed by atoms with Crippen molar-refractivity contribution in [1.82, 2.24) is 9.80 Å². The molecule has 0 saturated carbocycles. The van der Waals surface area contributed by atoms with Crippen molar-refractivity contribution in [2.45, 2.75) is 0 Å². The third-order valence-electron chi connectivity index (χ3n) is 2.76. The molecule has 0 spiro atoms. The number of hydrogen-bond donors (Lipinski definition) is 1. The van der Waals surface area contributed by atoms with Gasteiger partial charge in [-0.05, 0) is 12.1 Å². The number of nitrogens with zero attached hydrogens (tertiary/aromatic N) is 2. The minimum Gasteiger partial charge on any atom is -0.322 e. The molecule has 20 heavy (non-hydrogen) atoms. The molecule has 1 fully saturated rings. The van der Waals surface area contributed by atoms with Crippen LogP contribution < -0.4 is 5.32 Å². The number of rotatable bonds is 3. The largest absolute Gasteiger partial charge is 0.327 e. The van der Waals surface area contributed by atoms with Crippen molar-refractivity contribution in [2.75, 3.05) is 25.5 Å². The number of hydrogen-bond acceptors (Lipinski definition) is 3. The molecule has 0 unspecified atom stereocenters. The van der Waals surface area contributed by atoms with Crippen molar-refractivity contribution in [2.24, 2.45) is 0 Å². The first kappa shape index (κ1) is 14.6. The molecule has 4 amide bonds. The SMILES string of the molecule is CN1CC(=O)N(CC(=O)Nc2c(Cl)cccc2Cl)C1=O. The van der Waals surface area contributed by atoms with E-state index < -0.39 is 17.8 Å². The Labute approximate surface area is 125 Å². The van der Waals surface area contributed by atoms with Crippen molar-refractivity contribution in [3.63, 3.8) is 0 Å². The van der Waals surface area contributed by atoms with Crippen molar-refractivity contribution in [3.8, 4) is 0 Å². The first-order valence-corrected chi connectivity index (χ1v) is 6.45. The Kier molecular flexibility index (Phi) is 4.15. The number of nitrogens with one attached hydrogen (secondary N) is 1. The molecule has 1 aliphatic heterocycles. The fourth-order valence-corrected chi connectivity index (χ4v) is 2.26. The Morgan fingerprint density at radius 3 is 2.40 bits per heavy atom. The topological polar surface area (TPSA) is 69.7 Å². The summed E-state index contributed by atoms with van der Waals surface area (Å²) in [4.78, 5) is 37.2. The second kappa shape index (κ2) is 5.68. The molecule has 0 radical (unpaired) electrons. The van der Waals surface area contributed by atoms with Crippen LogP contribution in [-0.4, -0.2) is 47.8 Å². The van der Waals surface area contributed by atoms with Gasteiger partial charge in [0.25, 0.3) is 5.91 Å². The molecule has 1 saturated heterocycles. The fraction of sp³-hybridized carbons (Fsp3) is 0.250.